The van der Waals surface area contributed by atoms with Crippen molar-refractivity contribution in [3.63, 3.8) is 0 Å². The first-order valence-corrected chi connectivity index (χ1v) is 8.71. The second-order valence-electron chi connectivity index (χ2n) is 6.70. The van der Waals surface area contributed by atoms with Gasteiger partial charge in [-0.15, -0.1) is 0 Å². The highest BCUT2D eigenvalue weighted by molar-refractivity contribution is 5.91. The van der Waals surface area contributed by atoms with Crippen LogP contribution in [0.5, 0.6) is 0 Å². The van der Waals surface area contributed by atoms with Crippen LogP contribution in [0.15, 0.2) is 54.6 Å². The number of nitrogens with one attached hydrogen (secondary N) is 1. The highest BCUT2D eigenvalue weighted by atomic mass is 15.3. The summed E-state index contributed by atoms with van der Waals surface area (Å²) in [4.78, 5) is 12.4. The lowest BCUT2D eigenvalue weighted by Crippen LogP contribution is -2.52. The molecule has 4 nitrogen and oxygen atoms in total. The molecule has 4 heteroatoms. The standard InChI is InChI=1S/C20H20N4/c1-2-6-14(7-3-1)19-22-18-9-5-4-8-17(18)20(23-19)24-15-10-11-16(24)13-21-12-15/h1-9,15-16,21H,10-13H2. The summed E-state index contributed by atoms with van der Waals surface area (Å²) in [7, 11) is 0. The molecule has 0 saturated carbocycles. The number of para-hydroxylation sites is 1. The van der Waals surface area contributed by atoms with Crippen molar-refractivity contribution in [2.45, 2.75) is 24.9 Å². The molecule has 2 fully saturated rings. The van der Waals surface area contributed by atoms with Crippen LogP contribution in [-0.2, 0) is 0 Å². The summed E-state index contributed by atoms with van der Waals surface area (Å²) < 4.78 is 0. The summed E-state index contributed by atoms with van der Waals surface area (Å²) in [5.41, 5.74) is 2.10. The molecule has 3 aromatic rings. The van der Waals surface area contributed by atoms with E-state index in [9.17, 15) is 0 Å². The van der Waals surface area contributed by atoms with Gasteiger partial charge in [-0.3, -0.25) is 0 Å². The van der Waals surface area contributed by atoms with E-state index in [1.54, 1.807) is 0 Å². The lowest BCUT2D eigenvalue weighted by atomic mass is 10.1. The Kier molecular flexibility index (Phi) is 3.23. The van der Waals surface area contributed by atoms with Gasteiger partial charge >= 0.3 is 0 Å². The van der Waals surface area contributed by atoms with E-state index in [0.717, 1.165) is 41.2 Å². The van der Waals surface area contributed by atoms with E-state index in [1.165, 1.54) is 12.8 Å². The Morgan fingerprint density at radius 2 is 1.54 bits per heavy atom. The molecule has 120 valence electrons. The van der Waals surface area contributed by atoms with E-state index in [4.69, 9.17) is 9.97 Å². The van der Waals surface area contributed by atoms with Crippen molar-refractivity contribution in [1.29, 1.82) is 0 Å². The van der Waals surface area contributed by atoms with Crippen LogP contribution in [0.4, 0.5) is 5.82 Å². The van der Waals surface area contributed by atoms with Gasteiger partial charge in [-0.2, -0.15) is 0 Å². The van der Waals surface area contributed by atoms with Gasteiger partial charge in [0.1, 0.15) is 5.82 Å². The fraction of sp³-hybridized carbons (Fsp3) is 0.300. The van der Waals surface area contributed by atoms with Gasteiger partial charge in [0, 0.05) is 36.1 Å². The van der Waals surface area contributed by atoms with Crippen LogP contribution in [0.3, 0.4) is 0 Å². The number of hydrogen-bond acceptors (Lipinski definition) is 4. The van der Waals surface area contributed by atoms with E-state index in [0.29, 0.717) is 12.1 Å². The van der Waals surface area contributed by atoms with Crippen LogP contribution in [0, 0.1) is 0 Å². The molecule has 5 rings (SSSR count). The third-order valence-electron chi connectivity index (χ3n) is 5.24. The molecule has 0 radical (unpaired) electrons. The van der Waals surface area contributed by atoms with Crippen molar-refractivity contribution in [2.75, 3.05) is 18.0 Å². The monoisotopic (exact) mass is 316 g/mol. The van der Waals surface area contributed by atoms with Gasteiger partial charge in [-0.25, -0.2) is 9.97 Å². The molecular formula is C20H20N4. The molecule has 0 aliphatic carbocycles. The number of hydrogen-bond donors (Lipinski definition) is 1. The molecule has 2 aromatic carbocycles. The van der Waals surface area contributed by atoms with Crippen molar-refractivity contribution < 1.29 is 0 Å². The molecule has 2 aliphatic heterocycles. The van der Waals surface area contributed by atoms with Crippen molar-refractivity contribution in [2.24, 2.45) is 0 Å². The summed E-state index contributed by atoms with van der Waals surface area (Å²) in [6, 6.07) is 19.8. The normalized spacial score (nSPS) is 22.9. The van der Waals surface area contributed by atoms with E-state index in [1.807, 2.05) is 18.2 Å². The Hall–Kier alpha value is -2.46. The van der Waals surface area contributed by atoms with Crippen LogP contribution in [-0.4, -0.2) is 35.1 Å². The number of aromatic nitrogens is 2. The minimum absolute atomic E-state index is 0.547. The molecule has 3 heterocycles. The fourth-order valence-corrected chi connectivity index (χ4v) is 4.10. The van der Waals surface area contributed by atoms with Gasteiger partial charge < -0.3 is 10.2 Å². The zero-order valence-electron chi connectivity index (χ0n) is 13.5. The van der Waals surface area contributed by atoms with Crippen LogP contribution >= 0.6 is 0 Å². The smallest absolute Gasteiger partial charge is 0.162 e. The lowest BCUT2D eigenvalue weighted by Gasteiger charge is -2.37. The topological polar surface area (TPSA) is 41.1 Å². The van der Waals surface area contributed by atoms with Gasteiger partial charge in [0.25, 0.3) is 0 Å². The second kappa shape index (κ2) is 5.56. The van der Waals surface area contributed by atoms with Gasteiger partial charge in [0.15, 0.2) is 5.82 Å². The zero-order valence-corrected chi connectivity index (χ0v) is 13.5. The summed E-state index contributed by atoms with van der Waals surface area (Å²) in [5.74, 6) is 1.93. The quantitative estimate of drug-likeness (QED) is 0.788. The lowest BCUT2D eigenvalue weighted by molar-refractivity contribution is 0.482. The van der Waals surface area contributed by atoms with Gasteiger partial charge in [-0.1, -0.05) is 42.5 Å². The number of piperazine rings is 1. The third-order valence-corrected chi connectivity index (χ3v) is 5.24. The SMILES string of the molecule is c1ccc(-c2nc(N3C4CCC3CNC4)c3ccccc3n2)cc1. The molecular weight excluding hydrogens is 296 g/mol. The summed E-state index contributed by atoms with van der Waals surface area (Å²) in [6.07, 6.45) is 2.49. The van der Waals surface area contributed by atoms with Gasteiger partial charge in [-0.05, 0) is 25.0 Å². The Morgan fingerprint density at radius 1 is 0.833 bits per heavy atom. The number of benzene rings is 2. The number of nitrogens with zero attached hydrogens (tertiary/aromatic N) is 3. The Labute approximate surface area is 141 Å². The predicted molar refractivity (Wildman–Crippen MR) is 97.1 cm³/mol. The van der Waals surface area contributed by atoms with E-state index in [-0.39, 0.29) is 0 Å². The molecule has 1 aromatic heterocycles. The average molecular weight is 316 g/mol. The maximum atomic E-state index is 5.02. The highest BCUT2D eigenvalue weighted by Gasteiger charge is 2.38. The van der Waals surface area contributed by atoms with Gasteiger partial charge in [0.05, 0.1) is 5.52 Å². The Balaban J connectivity index is 1.72. The van der Waals surface area contributed by atoms with Gasteiger partial charge in [0.2, 0.25) is 0 Å². The molecule has 2 atom stereocenters. The predicted octanol–water partition coefficient (Wildman–Crippen LogP) is 3.24. The van der Waals surface area contributed by atoms with Crippen molar-refractivity contribution >= 4 is 16.7 Å². The molecule has 0 amide bonds. The Bertz CT molecular complexity index is 861. The number of rotatable bonds is 2. The summed E-state index contributed by atoms with van der Waals surface area (Å²) in [5, 5.41) is 4.72. The van der Waals surface area contributed by atoms with E-state index >= 15 is 0 Å². The maximum Gasteiger partial charge on any atom is 0.162 e. The largest absolute Gasteiger partial charge is 0.347 e. The molecule has 2 bridgehead atoms. The second-order valence-corrected chi connectivity index (χ2v) is 6.70. The van der Waals surface area contributed by atoms with Crippen molar-refractivity contribution in [3.05, 3.63) is 54.6 Å². The Morgan fingerprint density at radius 3 is 2.33 bits per heavy atom. The highest BCUT2D eigenvalue weighted by Crippen LogP contribution is 2.36. The molecule has 0 spiro atoms. The van der Waals surface area contributed by atoms with Crippen LogP contribution in [0.2, 0.25) is 0 Å². The van der Waals surface area contributed by atoms with Crippen LogP contribution in [0.25, 0.3) is 22.3 Å². The molecule has 24 heavy (non-hydrogen) atoms. The number of fused-ring (bicyclic) bond motifs is 3. The van der Waals surface area contributed by atoms with Crippen molar-refractivity contribution in [1.82, 2.24) is 15.3 Å². The first-order chi connectivity index (χ1) is 11.9. The molecule has 1 N–H and O–H groups in total. The minimum atomic E-state index is 0.547. The maximum absolute atomic E-state index is 5.02. The summed E-state index contributed by atoms with van der Waals surface area (Å²) in [6.45, 7) is 2.10. The minimum Gasteiger partial charge on any atom is -0.347 e. The van der Waals surface area contributed by atoms with Crippen LogP contribution in [0.1, 0.15) is 12.8 Å². The van der Waals surface area contributed by atoms with Crippen molar-refractivity contribution in [3.8, 4) is 11.4 Å². The molecule has 2 saturated heterocycles. The van der Waals surface area contributed by atoms with E-state index in [2.05, 4.69) is 46.6 Å². The zero-order chi connectivity index (χ0) is 15.9. The summed E-state index contributed by atoms with van der Waals surface area (Å²) >= 11 is 0. The van der Waals surface area contributed by atoms with E-state index < -0.39 is 0 Å². The third kappa shape index (κ3) is 2.18. The molecule has 2 unspecified atom stereocenters. The number of anilines is 1. The fourth-order valence-electron chi connectivity index (χ4n) is 4.10. The van der Waals surface area contributed by atoms with Crippen LogP contribution < -0.4 is 10.2 Å². The first kappa shape index (κ1) is 13.9. The average Bonchev–Trinajstić information content (AvgIpc) is 2.89. The first-order valence-electron chi connectivity index (χ1n) is 8.71. The molecule has 2 aliphatic rings.